The van der Waals surface area contributed by atoms with E-state index in [-0.39, 0.29) is 0 Å². The Morgan fingerprint density at radius 2 is 2.11 bits per heavy atom. The standard InChI is InChI=1S/C3H5FO.CH2O3/c1-2-5-3-4;2-1(3)4/h2H,1,3H2;(H2,2,3,4). The van der Waals surface area contributed by atoms with Gasteiger partial charge in [0.1, 0.15) is 0 Å². The summed E-state index contributed by atoms with van der Waals surface area (Å²) in [6.07, 6.45) is -0.778. The van der Waals surface area contributed by atoms with Crippen molar-refractivity contribution in [2.45, 2.75) is 0 Å². The van der Waals surface area contributed by atoms with Crippen molar-refractivity contribution < 1.29 is 24.1 Å². The van der Waals surface area contributed by atoms with Gasteiger partial charge in [0.25, 0.3) is 0 Å². The zero-order chi connectivity index (χ0) is 7.70. The summed E-state index contributed by atoms with van der Waals surface area (Å²) in [7, 11) is 0. The number of hydrogen-bond acceptors (Lipinski definition) is 2. The number of carboxylic acid groups (broad SMARTS) is 2. The Balaban J connectivity index is 0. The molecule has 0 atom stereocenters. The number of carbonyl (C=O) groups is 1. The highest BCUT2D eigenvalue weighted by atomic mass is 19.1. The lowest BCUT2D eigenvalue weighted by molar-refractivity contribution is 0.136. The molecule has 0 spiro atoms. The van der Waals surface area contributed by atoms with Crippen LogP contribution in [-0.4, -0.2) is 23.2 Å². The number of halogens is 1. The molecular weight excluding hydrogens is 131 g/mol. The van der Waals surface area contributed by atoms with Gasteiger partial charge in [0.15, 0.2) is 0 Å². The molecule has 0 saturated carbocycles. The van der Waals surface area contributed by atoms with E-state index in [1.54, 1.807) is 0 Å². The predicted octanol–water partition coefficient (Wildman–Crippen LogP) is 1.30. The second kappa shape index (κ2) is 9.88. The fourth-order valence-electron chi connectivity index (χ4n) is 0.0445. The van der Waals surface area contributed by atoms with Gasteiger partial charge in [-0.2, -0.15) is 0 Å². The quantitative estimate of drug-likeness (QED) is 0.564. The third kappa shape index (κ3) is 277. The van der Waals surface area contributed by atoms with Crippen molar-refractivity contribution in [3.8, 4) is 0 Å². The summed E-state index contributed by atoms with van der Waals surface area (Å²) in [4.78, 5) is 8.56. The molecule has 0 saturated heterocycles. The van der Waals surface area contributed by atoms with E-state index in [2.05, 4.69) is 11.3 Å². The first-order chi connectivity index (χ1) is 4.15. The van der Waals surface area contributed by atoms with Gasteiger partial charge in [-0.05, 0) is 0 Å². The SMILES string of the molecule is C=COCF.O=C(O)O. The number of rotatable bonds is 2. The molecule has 0 aromatic rings. The van der Waals surface area contributed by atoms with Crippen LogP contribution in [0.2, 0.25) is 0 Å². The van der Waals surface area contributed by atoms with E-state index in [1.165, 1.54) is 0 Å². The summed E-state index contributed by atoms with van der Waals surface area (Å²) in [6.45, 7) is 2.31. The summed E-state index contributed by atoms with van der Waals surface area (Å²) in [5, 5.41) is 13.9. The molecule has 0 rings (SSSR count). The highest BCUT2D eigenvalue weighted by molar-refractivity contribution is 5.53. The van der Waals surface area contributed by atoms with E-state index < -0.39 is 13.0 Å². The minimum absolute atomic E-state index is 0.774. The Bertz CT molecular complexity index is 78.6. The van der Waals surface area contributed by atoms with E-state index in [9.17, 15) is 4.39 Å². The van der Waals surface area contributed by atoms with Gasteiger partial charge in [0, 0.05) is 0 Å². The van der Waals surface area contributed by atoms with Crippen LogP contribution in [0.3, 0.4) is 0 Å². The molecule has 0 heterocycles. The zero-order valence-corrected chi connectivity index (χ0v) is 4.58. The van der Waals surface area contributed by atoms with Crippen LogP contribution in [-0.2, 0) is 4.74 Å². The molecule has 0 aromatic heterocycles. The lowest BCUT2D eigenvalue weighted by Gasteiger charge is -1.81. The molecule has 54 valence electrons. The van der Waals surface area contributed by atoms with Crippen LogP contribution in [0.4, 0.5) is 9.18 Å². The first-order valence-electron chi connectivity index (χ1n) is 1.85. The molecule has 0 fully saturated rings. The lowest BCUT2D eigenvalue weighted by atomic mass is 11.1. The van der Waals surface area contributed by atoms with Gasteiger partial charge < -0.3 is 14.9 Å². The van der Waals surface area contributed by atoms with Crippen LogP contribution in [0.15, 0.2) is 12.8 Å². The molecule has 2 N–H and O–H groups in total. The van der Waals surface area contributed by atoms with E-state index in [0.717, 1.165) is 6.26 Å². The maximum Gasteiger partial charge on any atom is 0.503 e. The maximum atomic E-state index is 10.7. The van der Waals surface area contributed by atoms with Crippen molar-refractivity contribution in [2.24, 2.45) is 0 Å². The van der Waals surface area contributed by atoms with Crippen molar-refractivity contribution in [2.75, 3.05) is 6.86 Å². The highest BCUT2D eigenvalue weighted by Crippen LogP contribution is 1.68. The molecule has 0 radical (unpaired) electrons. The van der Waals surface area contributed by atoms with Gasteiger partial charge in [0.2, 0.25) is 6.86 Å². The molecule has 0 amide bonds. The third-order valence-corrected chi connectivity index (χ3v) is 0.181. The largest absolute Gasteiger partial charge is 0.503 e. The van der Waals surface area contributed by atoms with Gasteiger partial charge in [0.05, 0.1) is 6.26 Å². The summed E-state index contributed by atoms with van der Waals surface area (Å²) in [5.74, 6) is 0. The van der Waals surface area contributed by atoms with E-state index in [1.807, 2.05) is 0 Å². The first kappa shape index (κ1) is 10.7. The highest BCUT2D eigenvalue weighted by Gasteiger charge is 1.70. The smallest absolute Gasteiger partial charge is 0.471 e. The zero-order valence-electron chi connectivity index (χ0n) is 4.58. The lowest BCUT2D eigenvalue weighted by Crippen LogP contribution is -1.81. The van der Waals surface area contributed by atoms with Crippen molar-refractivity contribution in [1.82, 2.24) is 0 Å². The number of hydrogen-bond donors (Lipinski definition) is 2. The van der Waals surface area contributed by atoms with Crippen molar-refractivity contribution in [3.05, 3.63) is 12.8 Å². The fourth-order valence-corrected chi connectivity index (χ4v) is 0.0445. The van der Waals surface area contributed by atoms with Gasteiger partial charge in [-0.15, -0.1) is 0 Å². The van der Waals surface area contributed by atoms with Crippen molar-refractivity contribution in [3.63, 3.8) is 0 Å². The molecule has 0 unspecified atom stereocenters. The molecule has 9 heavy (non-hydrogen) atoms. The van der Waals surface area contributed by atoms with Gasteiger partial charge in [-0.1, -0.05) is 6.58 Å². The number of ether oxygens (including phenoxy) is 1. The van der Waals surface area contributed by atoms with Crippen LogP contribution in [0.25, 0.3) is 0 Å². The van der Waals surface area contributed by atoms with Crippen molar-refractivity contribution >= 4 is 6.16 Å². The van der Waals surface area contributed by atoms with Crippen LogP contribution in [0.5, 0.6) is 0 Å². The Morgan fingerprint density at radius 1 is 1.78 bits per heavy atom. The second-order valence-corrected chi connectivity index (χ2v) is 0.725. The van der Waals surface area contributed by atoms with Crippen LogP contribution >= 0.6 is 0 Å². The average Bonchev–Trinajstić information content (AvgIpc) is 1.66. The van der Waals surface area contributed by atoms with Crippen LogP contribution in [0.1, 0.15) is 0 Å². The normalized spacial score (nSPS) is 6.33. The summed E-state index contributed by atoms with van der Waals surface area (Å²) < 4.78 is 14.6. The molecular formula is C4H7FO4. The molecule has 0 bridgehead atoms. The van der Waals surface area contributed by atoms with Crippen LogP contribution in [0, 0.1) is 0 Å². The summed E-state index contributed by atoms with van der Waals surface area (Å²) >= 11 is 0. The minimum Gasteiger partial charge on any atom is -0.471 e. The Labute approximate surface area is 51.2 Å². The van der Waals surface area contributed by atoms with Crippen molar-refractivity contribution in [1.29, 1.82) is 0 Å². The predicted molar refractivity (Wildman–Crippen MR) is 27.9 cm³/mol. The van der Waals surface area contributed by atoms with Gasteiger partial charge in [-0.25, -0.2) is 9.18 Å². The fraction of sp³-hybridized carbons (Fsp3) is 0.250. The Hall–Kier alpha value is -1.26. The van der Waals surface area contributed by atoms with Gasteiger partial charge in [-0.3, -0.25) is 0 Å². The molecule has 0 aliphatic carbocycles. The molecule has 5 heteroatoms. The van der Waals surface area contributed by atoms with Crippen LogP contribution < -0.4 is 0 Å². The summed E-state index contributed by atoms with van der Waals surface area (Å²) in [6, 6.07) is 0. The summed E-state index contributed by atoms with van der Waals surface area (Å²) in [5.41, 5.74) is 0. The van der Waals surface area contributed by atoms with E-state index in [4.69, 9.17) is 15.0 Å². The second-order valence-electron chi connectivity index (χ2n) is 0.725. The van der Waals surface area contributed by atoms with E-state index >= 15 is 0 Å². The topological polar surface area (TPSA) is 66.8 Å². The molecule has 0 aliphatic rings. The average molecular weight is 138 g/mol. The Kier molecular flexibility index (Phi) is 11.7. The molecule has 0 aliphatic heterocycles. The molecule has 0 aromatic carbocycles. The first-order valence-corrected chi connectivity index (χ1v) is 1.85. The van der Waals surface area contributed by atoms with E-state index in [0.29, 0.717) is 0 Å². The monoisotopic (exact) mass is 138 g/mol. The third-order valence-electron chi connectivity index (χ3n) is 0.181. The van der Waals surface area contributed by atoms with Gasteiger partial charge >= 0.3 is 6.16 Å². The minimum atomic E-state index is -1.83. The molecule has 4 nitrogen and oxygen atoms in total. The Morgan fingerprint density at radius 3 is 2.11 bits per heavy atom. The maximum absolute atomic E-state index is 10.7. The number of alkyl halides is 1.